The number of nitrogens with zero attached hydrogens (tertiary/aromatic N) is 2. The predicted molar refractivity (Wildman–Crippen MR) is 109 cm³/mol. The maximum atomic E-state index is 13.4. The number of benzene rings is 2. The molecule has 0 saturated carbocycles. The van der Waals surface area contributed by atoms with E-state index in [1.54, 1.807) is 25.1 Å². The molecule has 0 fully saturated rings. The Labute approximate surface area is 163 Å². The first-order valence-electron chi connectivity index (χ1n) is 9.24. The largest absolute Gasteiger partial charge is 0.476 e. The summed E-state index contributed by atoms with van der Waals surface area (Å²) in [5.41, 5.74) is 4.50. The molecule has 28 heavy (non-hydrogen) atoms. The molecule has 3 aromatic rings. The van der Waals surface area contributed by atoms with Crippen molar-refractivity contribution < 1.29 is 14.3 Å². The van der Waals surface area contributed by atoms with E-state index < -0.39 is 6.10 Å². The quantitative estimate of drug-likeness (QED) is 0.745. The van der Waals surface area contributed by atoms with Crippen molar-refractivity contribution in [2.24, 2.45) is 0 Å². The van der Waals surface area contributed by atoms with E-state index >= 15 is 0 Å². The van der Waals surface area contributed by atoms with Crippen molar-refractivity contribution in [3.63, 3.8) is 0 Å². The van der Waals surface area contributed by atoms with Gasteiger partial charge < -0.3 is 19.5 Å². The van der Waals surface area contributed by atoms with Crippen LogP contribution in [0, 0.1) is 13.8 Å². The Balaban J connectivity index is 1.75. The summed E-state index contributed by atoms with van der Waals surface area (Å²) in [4.78, 5) is 32.3. The van der Waals surface area contributed by atoms with Crippen LogP contribution in [-0.4, -0.2) is 48.4 Å². The number of anilines is 1. The van der Waals surface area contributed by atoms with Crippen LogP contribution in [0.3, 0.4) is 0 Å². The third-order valence-corrected chi connectivity index (χ3v) is 5.29. The first-order chi connectivity index (χ1) is 13.4. The fourth-order valence-corrected chi connectivity index (χ4v) is 3.59. The minimum atomic E-state index is -0.728. The lowest BCUT2D eigenvalue weighted by Crippen LogP contribution is -2.50. The molecular formula is C22H23N3O3. The fourth-order valence-electron chi connectivity index (χ4n) is 3.59. The summed E-state index contributed by atoms with van der Waals surface area (Å²) in [6.45, 7) is 4.24. The molecule has 0 spiro atoms. The average Bonchev–Trinajstić information content (AvgIpc) is 2.99. The van der Waals surface area contributed by atoms with Gasteiger partial charge in [0.2, 0.25) is 0 Å². The molecule has 6 heteroatoms. The minimum absolute atomic E-state index is 0.146. The second kappa shape index (κ2) is 6.71. The highest BCUT2D eigenvalue weighted by atomic mass is 16.5. The highest BCUT2D eigenvalue weighted by Crippen LogP contribution is 2.35. The van der Waals surface area contributed by atoms with Crippen molar-refractivity contribution in [2.45, 2.75) is 20.0 Å². The maximum Gasteiger partial charge on any atom is 0.265 e. The van der Waals surface area contributed by atoms with Gasteiger partial charge in [0.05, 0.1) is 12.2 Å². The smallest absolute Gasteiger partial charge is 0.265 e. The van der Waals surface area contributed by atoms with Crippen LogP contribution in [0.25, 0.3) is 10.9 Å². The van der Waals surface area contributed by atoms with E-state index in [9.17, 15) is 9.59 Å². The molecule has 0 radical (unpaired) electrons. The molecule has 0 bridgehead atoms. The molecule has 1 aliphatic rings. The van der Waals surface area contributed by atoms with Gasteiger partial charge in [-0.05, 0) is 49.7 Å². The number of amides is 2. The van der Waals surface area contributed by atoms with Gasteiger partial charge >= 0.3 is 0 Å². The number of hydrogen-bond donors (Lipinski definition) is 1. The number of para-hydroxylation sites is 2. The zero-order chi connectivity index (χ0) is 20.0. The van der Waals surface area contributed by atoms with E-state index in [1.165, 1.54) is 4.90 Å². The van der Waals surface area contributed by atoms with Crippen LogP contribution in [0.5, 0.6) is 5.75 Å². The van der Waals surface area contributed by atoms with Crippen molar-refractivity contribution in [2.75, 3.05) is 25.5 Å². The number of likely N-dealkylation sites (N-methyl/N-ethyl adjacent to an activating group) is 1. The molecule has 2 heterocycles. The number of fused-ring (bicyclic) bond motifs is 2. The number of carbonyl (C=O) groups excluding carboxylic acids is 2. The molecule has 1 atom stereocenters. The lowest BCUT2D eigenvalue weighted by molar-refractivity contribution is -0.135. The molecule has 1 N–H and O–H groups in total. The van der Waals surface area contributed by atoms with E-state index in [0.29, 0.717) is 17.0 Å². The third kappa shape index (κ3) is 2.91. The SMILES string of the molecule is Cc1[nH]c2ccc(C(=O)N3C[C@H](C(=O)N(C)C)Oc4ccccc43)cc2c1C. The van der Waals surface area contributed by atoms with Gasteiger partial charge in [-0.1, -0.05) is 12.1 Å². The van der Waals surface area contributed by atoms with Crippen LogP contribution in [0.1, 0.15) is 21.6 Å². The predicted octanol–water partition coefficient (Wildman–Crippen LogP) is 3.28. The topological polar surface area (TPSA) is 65.6 Å². The van der Waals surface area contributed by atoms with E-state index in [2.05, 4.69) is 4.98 Å². The summed E-state index contributed by atoms with van der Waals surface area (Å²) in [6, 6.07) is 13.0. The van der Waals surface area contributed by atoms with Crippen molar-refractivity contribution in [1.82, 2.24) is 9.88 Å². The van der Waals surface area contributed by atoms with Crippen molar-refractivity contribution >= 4 is 28.4 Å². The van der Waals surface area contributed by atoms with Gasteiger partial charge in [0.25, 0.3) is 11.8 Å². The summed E-state index contributed by atoms with van der Waals surface area (Å²) < 4.78 is 5.87. The first-order valence-corrected chi connectivity index (χ1v) is 9.24. The summed E-state index contributed by atoms with van der Waals surface area (Å²) in [5.74, 6) is 0.226. The number of aromatic amines is 1. The summed E-state index contributed by atoms with van der Waals surface area (Å²) in [6.07, 6.45) is -0.728. The number of hydrogen-bond acceptors (Lipinski definition) is 3. The van der Waals surface area contributed by atoms with Crippen LogP contribution in [0.4, 0.5) is 5.69 Å². The monoisotopic (exact) mass is 377 g/mol. The Morgan fingerprint density at radius 2 is 1.89 bits per heavy atom. The molecule has 1 aliphatic heterocycles. The Morgan fingerprint density at radius 3 is 2.64 bits per heavy atom. The first kappa shape index (κ1) is 18.1. The zero-order valence-corrected chi connectivity index (χ0v) is 16.4. The Bertz CT molecular complexity index is 1080. The summed E-state index contributed by atoms with van der Waals surface area (Å²) >= 11 is 0. The van der Waals surface area contributed by atoms with E-state index in [1.807, 2.05) is 50.2 Å². The van der Waals surface area contributed by atoms with Gasteiger partial charge in [-0.25, -0.2) is 0 Å². The van der Waals surface area contributed by atoms with Crippen LogP contribution in [0.15, 0.2) is 42.5 Å². The van der Waals surface area contributed by atoms with E-state index in [0.717, 1.165) is 22.2 Å². The van der Waals surface area contributed by atoms with Crippen LogP contribution in [-0.2, 0) is 4.79 Å². The molecule has 0 aliphatic carbocycles. The van der Waals surface area contributed by atoms with Gasteiger partial charge in [-0.3, -0.25) is 9.59 Å². The third-order valence-electron chi connectivity index (χ3n) is 5.29. The summed E-state index contributed by atoms with van der Waals surface area (Å²) in [7, 11) is 3.37. The minimum Gasteiger partial charge on any atom is -0.476 e. The second-order valence-corrected chi connectivity index (χ2v) is 7.36. The molecule has 2 aromatic carbocycles. The molecule has 4 rings (SSSR count). The van der Waals surface area contributed by atoms with E-state index in [4.69, 9.17) is 4.74 Å². The van der Waals surface area contributed by atoms with Crippen molar-refractivity contribution in [3.05, 3.63) is 59.3 Å². The maximum absolute atomic E-state index is 13.4. The molecule has 6 nitrogen and oxygen atoms in total. The molecule has 1 aromatic heterocycles. The normalized spacial score (nSPS) is 15.9. The van der Waals surface area contributed by atoms with Crippen LogP contribution < -0.4 is 9.64 Å². The van der Waals surface area contributed by atoms with Crippen molar-refractivity contribution in [3.8, 4) is 5.75 Å². The number of aromatic nitrogens is 1. The Hall–Kier alpha value is -3.28. The van der Waals surface area contributed by atoms with E-state index in [-0.39, 0.29) is 18.4 Å². The number of carbonyl (C=O) groups is 2. The second-order valence-electron chi connectivity index (χ2n) is 7.36. The number of H-pyrrole nitrogens is 1. The molecule has 2 amide bonds. The lowest BCUT2D eigenvalue weighted by Gasteiger charge is -2.35. The highest BCUT2D eigenvalue weighted by Gasteiger charge is 2.35. The number of aryl methyl sites for hydroxylation is 2. The molecular weight excluding hydrogens is 354 g/mol. The molecule has 0 saturated heterocycles. The van der Waals surface area contributed by atoms with Gasteiger partial charge in [-0.15, -0.1) is 0 Å². The van der Waals surface area contributed by atoms with Gasteiger partial charge in [-0.2, -0.15) is 0 Å². The average molecular weight is 377 g/mol. The van der Waals surface area contributed by atoms with Crippen molar-refractivity contribution in [1.29, 1.82) is 0 Å². The fraction of sp³-hybridized carbons (Fsp3) is 0.273. The molecule has 0 unspecified atom stereocenters. The lowest BCUT2D eigenvalue weighted by atomic mass is 10.1. The highest BCUT2D eigenvalue weighted by molar-refractivity contribution is 6.09. The Kier molecular flexibility index (Phi) is 4.34. The number of nitrogens with one attached hydrogen (secondary N) is 1. The standard InChI is InChI=1S/C22H23N3O3/c1-13-14(2)23-17-10-9-15(11-16(13)17)21(26)25-12-20(22(27)24(3)4)28-19-8-6-5-7-18(19)25/h5-11,20,23H,12H2,1-4H3/t20-/m1/s1. The van der Waals surface area contributed by atoms with Gasteiger partial charge in [0.1, 0.15) is 5.75 Å². The van der Waals surface area contributed by atoms with Crippen LogP contribution in [0.2, 0.25) is 0 Å². The number of rotatable bonds is 2. The number of ether oxygens (including phenoxy) is 1. The zero-order valence-electron chi connectivity index (χ0n) is 16.4. The van der Waals surface area contributed by atoms with Gasteiger partial charge in [0, 0.05) is 36.3 Å². The van der Waals surface area contributed by atoms with Crippen LogP contribution >= 0.6 is 0 Å². The Morgan fingerprint density at radius 1 is 1.14 bits per heavy atom. The van der Waals surface area contributed by atoms with Gasteiger partial charge in [0.15, 0.2) is 6.10 Å². The molecule has 144 valence electrons. The summed E-state index contributed by atoms with van der Waals surface area (Å²) in [5, 5.41) is 1.03.